The fourth-order valence-electron chi connectivity index (χ4n) is 1.64. The van der Waals surface area contributed by atoms with Crippen LogP contribution in [0.15, 0.2) is 31.1 Å². The smallest absolute Gasteiger partial charge is 0.338 e. The molecule has 5 nitrogen and oxygen atoms in total. The van der Waals surface area contributed by atoms with Crippen molar-refractivity contribution in [3.05, 3.63) is 42.2 Å². The van der Waals surface area contributed by atoms with E-state index in [1.165, 1.54) is 32.7 Å². The number of allylic oxidation sites excluding steroid dienone is 1. The second-order valence-corrected chi connectivity index (χ2v) is 3.55. The molecule has 1 heterocycles. The van der Waals surface area contributed by atoms with Gasteiger partial charge >= 0.3 is 11.9 Å². The minimum atomic E-state index is -0.602. The second kappa shape index (κ2) is 6.54. The third-order valence-corrected chi connectivity index (χ3v) is 2.52. The first-order chi connectivity index (χ1) is 8.65. The predicted octanol–water partition coefficient (Wildman–Crippen LogP) is 1.70. The van der Waals surface area contributed by atoms with Crippen molar-refractivity contribution >= 4 is 11.9 Å². The summed E-state index contributed by atoms with van der Waals surface area (Å²) in [7, 11) is 2.58. The lowest BCUT2D eigenvalue weighted by atomic mass is 9.93. The van der Waals surface area contributed by atoms with E-state index in [2.05, 4.69) is 16.3 Å². The Morgan fingerprint density at radius 3 is 2.72 bits per heavy atom. The molecule has 0 spiro atoms. The van der Waals surface area contributed by atoms with Gasteiger partial charge in [-0.15, -0.1) is 6.58 Å². The van der Waals surface area contributed by atoms with Crippen molar-refractivity contribution in [2.75, 3.05) is 14.2 Å². The quantitative estimate of drug-likeness (QED) is 0.587. The molecule has 0 bridgehead atoms. The molecule has 1 aromatic rings. The van der Waals surface area contributed by atoms with Gasteiger partial charge in [0.2, 0.25) is 0 Å². The van der Waals surface area contributed by atoms with Crippen molar-refractivity contribution in [3.8, 4) is 0 Å². The largest absolute Gasteiger partial charge is 0.469 e. The summed E-state index contributed by atoms with van der Waals surface area (Å²) in [4.78, 5) is 27.3. The van der Waals surface area contributed by atoms with Gasteiger partial charge in [0.25, 0.3) is 0 Å². The van der Waals surface area contributed by atoms with E-state index in [9.17, 15) is 9.59 Å². The van der Waals surface area contributed by atoms with Crippen LogP contribution in [0.3, 0.4) is 0 Å². The molecule has 0 amide bonds. The molecule has 0 saturated carbocycles. The summed E-state index contributed by atoms with van der Waals surface area (Å²) in [6.07, 6.45) is 4.90. The summed E-state index contributed by atoms with van der Waals surface area (Å²) in [5.74, 6) is -1.55. The molecular formula is C13H15NO4. The van der Waals surface area contributed by atoms with Crippen LogP contribution in [0.2, 0.25) is 0 Å². The van der Waals surface area contributed by atoms with Gasteiger partial charge in [0, 0.05) is 12.4 Å². The van der Waals surface area contributed by atoms with Crippen molar-refractivity contribution in [1.82, 2.24) is 4.98 Å². The number of aromatic nitrogens is 1. The summed E-state index contributed by atoms with van der Waals surface area (Å²) >= 11 is 0. The number of rotatable bonds is 5. The first kappa shape index (κ1) is 13.9. The summed E-state index contributed by atoms with van der Waals surface area (Å²) in [5.41, 5.74) is 0.792. The zero-order valence-electron chi connectivity index (χ0n) is 10.4. The van der Waals surface area contributed by atoms with E-state index in [0.29, 0.717) is 17.5 Å². The Hall–Kier alpha value is -2.17. The molecule has 0 aliphatic carbocycles. The number of carbonyl (C=O) groups is 2. The number of carbonyl (C=O) groups excluding carboxylic acids is 2. The van der Waals surface area contributed by atoms with Crippen LogP contribution < -0.4 is 0 Å². The van der Waals surface area contributed by atoms with Crippen LogP contribution in [0.5, 0.6) is 0 Å². The molecule has 0 aliphatic heterocycles. The highest BCUT2D eigenvalue weighted by atomic mass is 16.5. The van der Waals surface area contributed by atoms with Gasteiger partial charge in [-0.25, -0.2) is 4.79 Å². The van der Waals surface area contributed by atoms with Crippen molar-refractivity contribution in [2.45, 2.75) is 12.3 Å². The lowest BCUT2D eigenvalue weighted by Gasteiger charge is -2.15. The molecule has 0 N–H and O–H groups in total. The minimum Gasteiger partial charge on any atom is -0.469 e. The third-order valence-electron chi connectivity index (χ3n) is 2.52. The van der Waals surface area contributed by atoms with E-state index in [-0.39, 0.29) is 0 Å². The molecule has 5 heteroatoms. The van der Waals surface area contributed by atoms with Crippen LogP contribution in [0.25, 0.3) is 0 Å². The topological polar surface area (TPSA) is 65.5 Å². The van der Waals surface area contributed by atoms with Crippen molar-refractivity contribution < 1.29 is 19.1 Å². The summed E-state index contributed by atoms with van der Waals surface area (Å²) in [5, 5.41) is 0. The zero-order chi connectivity index (χ0) is 13.5. The average Bonchev–Trinajstić information content (AvgIpc) is 2.43. The SMILES string of the molecule is C=CCC(C(=O)OC)c1cnccc1C(=O)OC. The maximum Gasteiger partial charge on any atom is 0.338 e. The Morgan fingerprint density at radius 2 is 2.17 bits per heavy atom. The highest BCUT2D eigenvalue weighted by Crippen LogP contribution is 2.24. The van der Waals surface area contributed by atoms with E-state index in [1.54, 1.807) is 6.08 Å². The lowest BCUT2D eigenvalue weighted by Crippen LogP contribution is -2.18. The zero-order valence-corrected chi connectivity index (χ0v) is 10.4. The van der Waals surface area contributed by atoms with E-state index in [1.807, 2.05) is 0 Å². The Labute approximate surface area is 105 Å². The van der Waals surface area contributed by atoms with Gasteiger partial charge in [-0.2, -0.15) is 0 Å². The molecule has 96 valence electrons. The average molecular weight is 249 g/mol. The first-order valence-corrected chi connectivity index (χ1v) is 5.36. The molecule has 1 atom stereocenters. The van der Waals surface area contributed by atoms with Gasteiger partial charge in [-0.3, -0.25) is 9.78 Å². The third kappa shape index (κ3) is 2.94. The van der Waals surface area contributed by atoms with Gasteiger partial charge in [-0.05, 0) is 18.1 Å². The molecule has 1 aromatic heterocycles. The van der Waals surface area contributed by atoms with Crippen LogP contribution >= 0.6 is 0 Å². The highest BCUT2D eigenvalue weighted by molar-refractivity contribution is 5.93. The Morgan fingerprint density at radius 1 is 1.44 bits per heavy atom. The molecule has 0 aliphatic rings. The standard InChI is InChI=1S/C13H15NO4/c1-4-5-9(12(15)17-2)11-8-14-7-6-10(11)13(16)18-3/h4,6-9H,1,5H2,2-3H3. The van der Waals surface area contributed by atoms with E-state index in [4.69, 9.17) is 4.74 Å². The van der Waals surface area contributed by atoms with Crippen LogP contribution in [-0.4, -0.2) is 31.1 Å². The number of methoxy groups -OCH3 is 2. The molecule has 1 rings (SSSR count). The Bertz CT molecular complexity index is 456. The summed E-state index contributed by atoms with van der Waals surface area (Å²) < 4.78 is 9.40. The van der Waals surface area contributed by atoms with Crippen LogP contribution in [0.1, 0.15) is 28.3 Å². The predicted molar refractivity (Wildman–Crippen MR) is 65.1 cm³/mol. The first-order valence-electron chi connectivity index (χ1n) is 5.36. The number of nitrogens with zero attached hydrogens (tertiary/aromatic N) is 1. The fraction of sp³-hybridized carbons (Fsp3) is 0.308. The maximum atomic E-state index is 11.7. The summed E-state index contributed by atoms with van der Waals surface area (Å²) in [6, 6.07) is 1.51. The lowest BCUT2D eigenvalue weighted by molar-refractivity contribution is -0.142. The molecule has 0 saturated heterocycles. The summed E-state index contributed by atoms with van der Waals surface area (Å²) in [6.45, 7) is 3.59. The Balaban J connectivity index is 3.22. The number of ether oxygens (including phenoxy) is 2. The number of hydrogen-bond donors (Lipinski definition) is 0. The normalized spacial score (nSPS) is 11.4. The highest BCUT2D eigenvalue weighted by Gasteiger charge is 2.25. The van der Waals surface area contributed by atoms with E-state index >= 15 is 0 Å². The van der Waals surface area contributed by atoms with Gasteiger partial charge < -0.3 is 9.47 Å². The van der Waals surface area contributed by atoms with Gasteiger partial charge in [0.1, 0.15) is 0 Å². The fourth-order valence-corrected chi connectivity index (χ4v) is 1.64. The molecule has 0 aromatic carbocycles. The number of esters is 2. The van der Waals surface area contributed by atoms with E-state index in [0.717, 1.165) is 0 Å². The Kier molecular flexibility index (Phi) is 5.05. The van der Waals surface area contributed by atoms with Crippen LogP contribution in [-0.2, 0) is 14.3 Å². The van der Waals surface area contributed by atoms with Crippen molar-refractivity contribution in [3.63, 3.8) is 0 Å². The maximum absolute atomic E-state index is 11.7. The van der Waals surface area contributed by atoms with E-state index < -0.39 is 17.9 Å². The molecule has 0 radical (unpaired) electrons. The number of pyridine rings is 1. The van der Waals surface area contributed by atoms with Crippen molar-refractivity contribution in [2.24, 2.45) is 0 Å². The molecule has 0 fully saturated rings. The van der Waals surface area contributed by atoms with Crippen LogP contribution in [0, 0.1) is 0 Å². The molecule has 18 heavy (non-hydrogen) atoms. The second-order valence-electron chi connectivity index (χ2n) is 3.55. The van der Waals surface area contributed by atoms with Gasteiger partial charge in [-0.1, -0.05) is 6.08 Å². The monoisotopic (exact) mass is 249 g/mol. The number of hydrogen-bond acceptors (Lipinski definition) is 5. The molecule has 1 unspecified atom stereocenters. The van der Waals surface area contributed by atoms with Gasteiger partial charge in [0.05, 0.1) is 25.7 Å². The minimum absolute atomic E-state index is 0.310. The van der Waals surface area contributed by atoms with Gasteiger partial charge in [0.15, 0.2) is 0 Å². The van der Waals surface area contributed by atoms with Crippen LogP contribution in [0.4, 0.5) is 0 Å². The van der Waals surface area contributed by atoms with Crippen molar-refractivity contribution in [1.29, 1.82) is 0 Å². The molecular weight excluding hydrogens is 234 g/mol.